The van der Waals surface area contributed by atoms with Gasteiger partial charge in [-0.3, -0.25) is 4.79 Å². The maximum absolute atomic E-state index is 12.3. The zero-order chi connectivity index (χ0) is 11.0. The first-order chi connectivity index (χ1) is 6.91. The van der Waals surface area contributed by atoms with Crippen molar-refractivity contribution in [3.05, 3.63) is 11.6 Å². The molecule has 2 saturated carbocycles. The molecule has 0 aliphatic heterocycles. The lowest BCUT2D eigenvalue weighted by Gasteiger charge is -2.40. The molecule has 15 heavy (non-hydrogen) atoms. The van der Waals surface area contributed by atoms with E-state index in [1.54, 1.807) is 0 Å². The van der Waals surface area contributed by atoms with Crippen LogP contribution in [-0.4, -0.2) is 5.78 Å². The van der Waals surface area contributed by atoms with Gasteiger partial charge in [-0.25, -0.2) is 0 Å². The van der Waals surface area contributed by atoms with E-state index in [4.69, 9.17) is 0 Å². The van der Waals surface area contributed by atoms with Crippen LogP contribution in [0.4, 0.5) is 0 Å². The molecule has 0 spiro atoms. The van der Waals surface area contributed by atoms with Gasteiger partial charge in [0.2, 0.25) is 0 Å². The van der Waals surface area contributed by atoms with Crippen LogP contribution in [0.25, 0.3) is 0 Å². The number of carbonyl (C=O) groups excluding carboxylic acids is 1. The molecule has 0 heterocycles. The Morgan fingerprint density at radius 1 is 1.33 bits per heavy atom. The molecule has 0 radical (unpaired) electrons. The topological polar surface area (TPSA) is 17.1 Å². The largest absolute Gasteiger partial charge is 0.294 e. The first-order valence-corrected chi connectivity index (χ1v) is 6.16. The van der Waals surface area contributed by atoms with E-state index in [0.29, 0.717) is 23.5 Å². The molecule has 3 aliphatic carbocycles. The molecule has 0 aromatic rings. The van der Waals surface area contributed by atoms with E-state index >= 15 is 0 Å². The fourth-order valence-electron chi connectivity index (χ4n) is 4.52. The Labute approximate surface area is 91.9 Å². The van der Waals surface area contributed by atoms with E-state index in [0.717, 1.165) is 6.42 Å². The third-order valence-corrected chi connectivity index (χ3v) is 5.57. The third-order valence-electron chi connectivity index (χ3n) is 5.57. The van der Waals surface area contributed by atoms with E-state index in [2.05, 4.69) is 33.8 Å². The lowest BCUT2D eigenvalue weighted by atomic mass is 9.63. The second-order valence-electron chi connectivity index (χ2n) is 6.52. The van der Waals surface area contributed by atoms with Crippen molar-refractivity contribution in [2.75, 3.05) is 0 Å². The van der Waals surface area contributed by atoms with Crippen molar-refractivity contribution in [2.45, 2.75) is 40.5 Å². The fourth-order valence-corrected chi connectivity index (χ4v) is 4.52. The molecule has 1 nitrogen and oxygen atoms in total. The number of allylic oxidation sites excluding steroid dienone is 2. The van der Waals surface area contributed by atoms with Crippen molar-refractivity contribution in [3.8, 4) is 0 Å². The highest BCUT2D eigenvalue weighted by molar-refractivity contribution is 6.05. The van der Waals surface area contributed by atoms with Crippen molar-refractivity contribution >= 4 is 5.78 Å². The SMILES string of the molecule is C[C@@H]1CCC=C2C(=O)[C@@H]3[C@@H](C3(C)C)[C@]21C. The average Bonchev–Trinajstić information content (AvgIpc) is 2.62. The predicted molar refractivity (Wildman–Crippen MR) is 60.4 cm³/mol. The predicted octanol–water partition coefficient (Wildman–Crippen LogP) is 3.20. The number of fused-ring (bicyclic) bond motifs is 3. The summed E-state index contributed by atoms with van der Waals surface area (Å²) in [6, 6.07) is 0. The highest BCUT2D eigenvalue weighted by atomic mass is 16.1. The van der Waals surface area contributed by atoms with Crippen LogP contribution in [0.15, 0.2) is 11.6 Å². The van der Waals surface area contributed by atoms with E-state index in [1.807, 2.05) is 0 Å². The Balaban J connectivity index is 2.13. The summed E-state index contributed by atoms with van der Waals surface area (Å²) in [5.41, 5.74) is 1.65. The van der Waals surface area contributed by atoms with Crippen LogP contribution in [-0.2, 0) is 4.79 Å². The number of hydrogen-bond donors (Lipinski definition) is 0. The summed E-state index contributed by atoms with van der Waals surface area (Å²) in [5, 5.41) is 0. The molecule has 2 fully saturated rings. The maximum atomic E-state index is 12.3. The average molecular weight is 204 g/mol. The molecule has 0 aromatic carbocycles. The lowest BCUT2D eigenvalue weighted by Crippen LogP contribution is -2.34. The van der Waals surface area contributed by atoms with Crippen LogP contribution in [0.3, 0.4) is 0 Å². The molecule has 0 N–H and O–H groups in total. The van der Waals surface area contributed by atoms with Gasteiger partial charge in [-0.1, -0.05) is 33.8 Å². The standard InChI is InChI=1S/C14H20O/c1-8-6-5-7-9-11(15)10-12(13(10,2)3)14(8,9)4/h7-8,10,12H,5-6H2,1-4H3/t8-,10-,12+,14+/m1/s1. The Kier molecular flexibility index (Phi) is 1.53. The quantitative estimate of drug-likeness (QED) is 0.592. The Morgan fingerprint density at radius 3 is 2.67 bits per heavy atom. The minimum absolute atomic E-state index is 0.198. The van der Waals surface area contributed by atoms with E-state index in [1.165, 1.54) is 12.0 Å². The Bertz CT molecular complexity index is 377. The van der Waals surface area contributed by atoms with Gasteiger partial charge in [-0.15, -0.1) is 0 Å². The maximum Gasteiger partial charge on any atom is 0.163 e. The monoisotopic (exact) mass is 204 g/mol. The van der Waals surface area contributed by atoms with Gasteiger partial charge in [0.1, 0.15) is 0 Å². The van der Waals surface area contributed by atoms with E-state index in [-0.39, 0.29) is 10.8 Å². The highest BCUT2D eigenvalue weighted by Gasteiger charge is 2.75. The summed E-state index contributed by atoms with van der Waals surface area (Å²) in [5.74, 6) is 2.12. The summed E-state index contributed by atoms with van der Waals surface area (Å²) >= 11 is 0. The summed E-state index contributed by atoms with van der Waals surface area (Å²) in [6.07, 6.45) is 4.59. The molecule has 0 bridgehead atoms. The molecule has 0 unspecified atom stereocenters. The number of hydrogen-bond acceptors (Lipinski definition) is 1. The summed E-state index contributed by atoms with van der Waals surface area (Å²) in [4.78, 5) is 12.3. The van der Waals surface area contributed by atoms with Crippen LogP contribution >= 0.6 is 0 Å². The van der Waals surface area contributed by atoms with Gasteiger partial charge in [0, 0.05) is 11.3 Å². The second-order valence-corrected chi connectivity index (χ2v) is 6.52. The Hall–Kier alpha value is -0.590. The molecule has 0 aromatic heterocycles. The number of Topliss-reactive ketones (excluding diaryl/α,β-unsaturated/α-hetero) is 1. The van der Waals surface area contributed by atoms with E-state index < -0.39 is 0 Å². The van der Waals surface area contributed by atoms with Crippen molar-refractivity contribution in [2.24, 2.45) is 28.6 Å². The first-order valence-electron chi connectivity index (χ1n) is 6.16. The molecule has 3 rings (SSSR count). The van der Waals surface area contributed by atoms with Gasteiger partial charge >= 0.3 is 0 Å². The molecular formula is C14H20O. The molecule has 0 saturated heterocycles. The van der Waals surface area contributed by atoms with Crippen molar-refractivity contribution in [1.29, 1.82) is 0 Å². The third kappa shape index (κ3) is 0.847. The Morgan fingerprint density at radius 2 is 2.00 bits per heavy atom. The number of rotatable bonds is 0. The number of carbonyl (C=O) groups is 1. The lowest BCUT2D eigenvalue weighted by molar-refractivity contribution is -0.117. The summed E-state index contributed by atoms with van der Waals surface area (Å²) in [7, 11) is 0. The number of ketones is 1. The minimum atomic E-state index is 0.198. The van der Waals surface area contributed by atoms with Crippen molar-refractivity contribution in [3.63, 3.8) is 0 Å². The molecule has 3 aliphatic rings. The molecular weight excluding hydrogens is 184 g/mol. The van der Waals surface area contributed by atoms with Crippen LogP contribution in [0.2, 0.25) is 0 Å². The smallest absolute Gasteiger partial charge is 0.163 e. The van der Waals surface area contributed by atoms with Gasteiger partial charge in [-0.05, 0) is 35.7 Å². The first kappa shape index (κ1) is 9.62. The van der Waals surface area contributed by atoms with Crippen LogP contribution < -0.4 is 0 Å². The van der Waals surface area contributed by atoms with Crippen molar-refractivity contribution in [1.82, 2.24) is 0 Å². The zero-order valence-electron chi connectivity index (χ0n) is 10.1. The second kappa shape index (κ2) is 2.39. The zero-order valence-corrected chi connectivity index (χ0v) is 10.1. The van der Waals surface area contributed by atoms with Gasteiger partial charge in [0.05, 0.1) is 0 Å². The molecule has 4 atom stereocenters. The normalized spacial score (nSPS) is 50.8. The van der Waals surface area contributed by atoms with Crippen LogP contribution in [0.5, 0.6) is 0 Å². The molecule has 1 heteroatoms. The highest BCUT2D eigenvalue weighted by Crippen LogP contribution is 2.76. The van der Waals surface area contributed by atoms with Gasteiger partial charge < -0.3 is 0 Å². The van der Waals surface area contributed by atoms with Crippen LogP contribution in [0.1, 0.15) is 40.5 Å². The van der Waals surface area contributed by atoms with Gasteiger partial charge in [-0.2, -0.15) is 0 Å². The molecule has 82 valence electrons. The van der Waals surface area contributed by atoms with E-state index in [9.17, 15) is 4.79 Å². The summed E-state index contributed by atoms with van der Waals surface area (Å²) in [6.45, 7) is 9.20. The fraction of sp³-hybridized carbons (Fsp3) is 0.786. The van der Waals surface area contributed by atoms with Gasteiger partial charge in [0.25, 0.3) is 0 Å². The van der Waals surface area contributed by atoms with Crippen LogP contribution in [0, 0.1) is 28.6 Å². The van der Waals surface area contributed by atoms with Gasteiger partial charge in [0.15, 0.2) is 5.78 Å². The summed E-state index contributed by atoms with van der Waals surface area (Å²) < 4.78 is 0. The molecule has 0 amide bonds. The minimum Gasteiger partial charge on any atom is -0.294 e. The van der Waals surface area contributed by atoms with Crippen molar-refractivity contribution < 1.29 is 4.79 Å².